The summed E-state index contributed by atoms with van der Waals surface area (Å²) >= 11 is 0. The molecule has 0 saturated heterocycles. The highest BCUT2D eigenvalue weighted by molar-refractivity contribution is 5.95. The number of benzene rings is 2. The molecule has 2 aromatic carbocycles. The minimum Gasteiger partial charge on any atom is -0.384 e. The fourth-order valence-electron chi connectivity index (χ4n) is 2.51. The van der Waals surface area contributed by atoms with Crippen LogP contribution in [0.5, 0.6) is 0 Å². The summed E-state index contributed by atoms with van der Waals surface area (Å²) in [5, 5.41) is 0. The molecule has 0 fully saturated rings. The Kier molecular flexibility index (Phi) is 2.45. The van der Waals surface area contributed by atoms with Crippen LogP contribution in [0.2, 0.25) is 0 Å². The van der Waals surface area contributed by atoms with Crippen molar-refractivity contribution in [2.75, 3.05) is 0 Å². The van der Waals surface area contributed by atoms with E-state index in [2.05, 4.69) is 4.74 Å². The third-order valence-electron chi connectivity index (χ3n) is 3.21. The van der Waals surface area contributed by atoms with E-state index < -0.39 is 11.9 Å². The monoisotopic (exact) mass is 237 g/mol. The fourth-order valence-corrected chi connectivity index (χ4v) is 2.51. The maximum absolute atomic E-state index is 11.9. The highest BCUT2D eigenvalue weighted by Crippen LogP contribution is 2.44. The second-order valence-electron chi connectivity index (χ2n) is 4.11. The standard InChI is InChI=1S/C15H9O3/c16-9-18-15(17)14-12-7-3-1-5-10(12)11-6-2-4-8-13(11)14/h1-8,14H. The number of ether oxygens (including phenoxy) is 1. The van der Waals surface area contributed by atoms with Gasteiger partial charge >= 0.3 is 12.4 Å². The van der Waals surface area contributed by atoms with Crippen molar-refractivity contribution >= 4 is 12.4 Å². The van der Waals surface area contributed by atoms with Gasteiger partial charge in [-0.05, 0) is 22.3 Å². The van der Waals surface area contributed by atoms with Crippen LogP contribution in [0.15, 0.2) is 48.5 Å². The van der Waals surface area contributed by atoms with Gasteiger partial charge in [-0.1, -0.05) is 48.5 Å². The largest absolute Gasteiger partial charge is 0.425 e. The zero-order valence-corrected chi connectivity index (χ0v) is 9.42. The fraction of sp³-hybridized carbons (Fsp3) is 0.0667. The van der Waals surface area contributed by atoms with Crippen LogP contribution in [-0.4, -0.2) is 12.4 Å². The van der Waals surface area contributed by atoms with Crippen LogP contribution >= 0.6 is 0 Å². The van der Waals surface area contributed by atoms with Crippen molar-refractivity contribution in [3.8, 4) is 11.1 Å². The lowest BCUT2D eigenvalue weighted by Gasteiger charge is -2.09. The molecule has 0 atom stereocenters. The van der Waals surface area contributed by atoms with Crippen molar-refractivity contribution in [2.45, 2.75) is 5.92 Å². The third kappa shape index (κ3) is 1.44. The van der Waals surface area contributed by atoms with Gasteiger partial charge in [-0.25, -0.2) is 4.79 Å². The predicted octanol–water partition coefficient (Wildman–Crippen LogP) is 2.41. The summed E-state index contributed by atoms with van der Waals surface area (Å²) in [5.74, 6) is -1.11. The number of carbonyl (C=O) groups is 1. The van der Waals surface area contributed by atoms with Crippen LogP contribution in [0.4, 0.5) is 0 Å². The Labute approximate surface area is 104 Å². The molecule has 87 valence electrons. The summed E-state index contributed by atoms with van der Waals surface area (Å²) in [5.41, 5.74) is 3.78. The first-order chi connectivity index (χ1) is 8.83. The molecular formula is C15H9O3. The highest BCUT2D eigenvalue weighted by atomic mass is 16.6. The van der Waals surface area contributed by atoms with Gasteiger partial charge in [0.1, 0.15) is 5.92 Å². The number of hydrogen-bond donors (Lipinski definition) is 0. The van der Waals surface area contributed by atoms with Crippen LogP contribution in [0.1, 0.15) is 17.0 Å². The summed E-state index contributed by atoms with van der Waals surface area (Å²) < 4.78 is 4.40. The topological polar surface area (TPSA) is 43.4 Å². The summed E-state index contributed by atoms with van der Waals surface area (Å²) in [4.78, 5) is 22.1. The first kappa shape index (κ1) is 10.7. The molecule has 3 heteroatoms. The SMILES string of the molecule is O=[C]OC(=O)C1c2ccccc2-c2ccccc21. The molecule has 0 spiro atoms. The Hall–Kier alpha value is -2.42. The van der Waals surface area contributed by atoms with Gasteiger partial charge in [0.2, 0.25) is 0 Å². The van der Waals surface area contributed by atoms with Crippen LogP contribution in [-0.2, 0) is 14.3 Å². The molecule has 0 unspecified atom stereocenters. The van der Waals surface area contributed by atoms with E-state index in [0.29, 0.717) is 0 Å². The molecule has 0 heterocycles. The predicted molar refractivity (Wildman–Crippen MR) is 65.5 cm³/mol. The Balaban J connectivity index is 2.20. The molecule has 3 nitrogen and oxygen atoms in total. The van der Waals surface area contributed by atoms with Crippen molar-refractivity contribution in [3.05, 3.63) is 59.7 Å². The molecule has 1 radical (unpaired) electrons. The number of hydrogen-bond acceptors (Lipinski definition) is 3. The molecule has 3 rings (SSSR count). The molecule has 18 heavy (non-hydrogen) atoms. The van der Waals surface area contributed by atoms with E-state index in [1.165, 1.54) is 6.47 Å². The molecule has 0 aliphatic heterocycles. The van der Waals surface area contributed by atoms with Gasteiger partial charge in [0, 0.05) is 0 Å². The Bertz CT molecular complexity index is 586. The number of esters is 1. The number of fused-ring (bicyclic) bond motifs is 3. The Morgan fingerprint density at radius 3 is 1.94 bits per heavy atom. The van der Waals surface area contributed by atoms with Crippen molar-refractivity contribution in [1.82, 2.24) is 0 Å². The average Bonchev–Trinajstić information content (AvgIpc) is 2.73. The Morgan fingerprint density at radius 1 is 0.944 bits per heavy atom. The molecule has 0 aromatic heterocycles. The van der Waals surface area contributed by atoms with E-state index in [0.717, 1.165) is 22.3 Å². The van der Waals surface area contributed by atoms with Gasteiger partial charge in [0.15, 0.2) is 0 Å². The number of carbonyl (C=O) groups excluding carboxylic acids is 2. The zero-order valence-electron chi connectivity index (χ0n) is 9.42. The molecule has 1 aliphatic carbocycles. The lowest BCUT2D eigenvalue weighted by molar-refractivity contribution is -0.136. The van der Waals surface area contributed by atoms with E-state index >= 15 is 0 Å². The second-order valence-corrected chi connectivity index (χ2v) is 4.11. The molecule has 1 aliphatic rings. The molecular weight excluding hydrogens is 228 g/mol. The maximum Gasteiger partial charge on any atom is 0.425 e. The summed E-state index contributed by atoms with van der Waals surface area (Å²) in [6.07, 6.45) is 0. The van der Waals surface area contributed by atoms with Crippen LogP contribution in [0.3, 0.4) is 0 Å². The van der Waals surface area contributed by atoms with E-state index in [1.807, 2.05) is 48.5 Å². The van der Waals surface area contributed by atoms with Crippen molar-refractivity contribution in [2.24, 2.45) is 0 Å². The van der Waals surface area contributed by atoms with E-state index in [4.69, 9.17) is 0 Å². The van der Waals surface area contributed by atoms with Crippen molar-refractivity contribution < 1.29 is 14.3 Å². The van der Waals surface area contributed by atoms with Gasteiger partial charge in [-0.15, -0.1) is 0 Å². The first-order valence-corrected chi connectivity index (χ1v) is 5.59. The quantitative estimate of drug-likeness (QED) is 0.595. The van der Waals surface area contributed by atoms with Gasteiger partial charge in [0.05, 0.1) is 0 Å². The van der Waals surface area contributed by atoms with E-state index in [1.54, 1.807) is 0 Å². The van der Waals surface area contributed by atoms with Gasteiger partial charge in [-0.2, -0.15) is 0 Å². The van der Waals surface area contributed by atoms with E-state index in [9.17, 15) is 9.59 Å². The second kappa shape index (κ2) is 4.11. The van der Waals surface area contributed by atoms with Crippen LogP contribution in [0.25, 0.3) is 11.1 Å². The molecule has 2 aromatic rings. The minimum atomic E-state index is -0.581. The van der Waals surface area contributed by atoms with Crippen LogP contribution in [0, 0.1) is 0 Å². The lowest BCUT2D eigenvalue weighted by Crippen LogP contribution is -2.14. The zero-order chi connectivity index (χ0) is 12.5. The van der Waals surface area contributed by atoms with Crippen molar-refractivity contribution in [3.63, 3.8) is 0 Å². The maximum atomic E-state index is 11.9. The highest BCUT2D eigenvalue weighted by Gasteiger charge is 2.34. The minimum absolute atomic E-state index is 0.529. The molecule has 0 saturated carbocycles. The lowest BCUT2D eigenvalue weighted by atomic mass is 9.97. The average molecular weight is 237 g/mol. The van der Waals surface area contributed by atoms with Gasteiger partial charge < -0.3 is 4.74 Å². The normalized spacial score (nSPS) is 12.7. The smallest absolute Gasteiger partial charge is 0.384 e. The van der Waals surface area contributed by atoms with Gasteiger partial charge in [-0.3, -0.25) is 4.79 Å². The summed E-state index contributed by atoms with van der Waals surface area (Å²) in [6.45, 7) is 1.21. The van der Waals surface area contributed by atoms with Gasteiger partial charge in [0.25, 0.3) is 0 Å². The Morgan fingerprint density at radius 2 is 1.44 bits per heavy atom. The molecule has 0 N–H and O–H groups in total. The van der Waals surface area contributed by atoms with E-state index in [-0.39, 0.29) is 0 Å². The van der Waals surface area contributed by atoms with Crippen LogP contribution < -0.4 is 0 Å². The third-order valence-corrected chi connectivity index (χ3v) is 3.21. The number of rotatable bonds is 2. The van der Waals surface area contributed by atoms with Crippen molar-refractivity contribution in [1.29, 1.82) is 0 Å². The molecule has 0 bridgehead atoms. The summed E-state index contributed by atoms with van der Waals surface area (Å²) in [7, 11) is 0. The first-order valence-electron chi connectivity index (χ1n) is 5.59. The molecule has 0 amide bonds. The summed E-state index contributed by atoms with van der Waals surface area (Å²) in [6, 6.07) is 15.3.